The highest BCUT2D eigenvalue weighted by Gasteiger charge is 2.13. The molecule has 1 N–H and O–H groups in total. The van der Waals surface area contributed by atoms with Crippen LogP contribution in [0.25, 0.3) is 0 Å². The molecule has 1 aromatic carbocycles. The number of hydrogen-bond acceptors (Lipinski definition) is 3. The van der Waals surface area contributed by atoms with Gasteiger partial charge in [0.05, 0.1) is 13.7 Å². The first-order valence-corrected chi connectivity index (χ1v) is 7.38. The molecule has 106 valence electrons. The van der Waals surface area contributed by atoms with E-state index in [0.717, 1.165) is 29.6 Å². The second kappa shape index (κ2) is 7.27. The van der Waals surface area contributed by atoms with Crippen molar-refractivity contribution in [2.24, 2.45) is 5.92 Å². The van der Waals surface area contributed by atoms with Crippen LogP contribution in [0.1, 0.15) is 39.0 Å². The zero-order valence-corrected chi connectivity index (χ0v) is 12.1. The predicted octanol–water partition coefficient (Wildman–Crippen LogP) is 4.09. The Kier molecular flexibility index (Phi) is 5.37. The lowest BCUT2D eigenvalue weighted by Crippen LogP contribution is -2.17. The van der Waals surface area contributed by atoms with Gasteiger partial charge in [0, 0.05) is 18.3 Å². The highest BCUT2D eigenvalue weighted by Crippen LogP contribution is 2.31. The molecule has 1 aromatic rings. The van der Waals surface area contributed by atoms with Gasteiger partial charge in [-0.1, -0.05) is 19.3 Å². The first-order valence-electron chi connectivity index (χ1n) is 7.38. The molecule has 0 radical (unpaired) electrons. The van der Waals surface area contributed by atoms with Crippen molar-refractivity contribution in [1.82, 2.24) is 0 Å². The van der Waals surface area contributed by atoms with Crippen LogP contribution in [0.15, 0.2) is 18.2 Å². The summed E-state index contributed by atoms with van der Waals surface area (Å²) in [5.74, 6) is 2.44. The van der Waals surface area contributed by atoms with Gasteiger partial charge in [0.25, 0.3) is 0 Å². The third-order valence-electron chi connectivity index (χ3n) is 3.78. The van der Waals surface area contributed by atoms with Gasteiger partial charge >= 0.3 is 0 Å². The summed E-state index contributed by atoms with van der Waals surface area (Å²) in [7, 11) is 1.68. The first-order chi connectivity index (χ1) is 9.33. The normalized spacial score (nSPS) is 16.1. The number of hydrogen-bond donors (Lipinski definition) is 1. The molecule has 0 heterocycles. The number of ether oxygens (including phenoxy) is 2. The smallest absolute Gasteiger partial charge is 0.162 e. The maximum absolute atomic E-state index is 5.52. The predicted molar refractivity (Wildman–Crippen MR) is 79.2 cm³/mol. The highest BCUT2D eigenvalue weighted by molar-refractivity contribution is 5.54. The third kappa shape index (κ3) is 4.05. The fraction of sp³-hybridized carbons (Fsp3) is 0.625. The minimum atomic E-state index is 0.658. The van der Waals surface area contributed by atoms with Gasteiger partial charge in [-0.25, -0.2) is 0 Å². The van der Waals surface area contributed by atoms with Crippen LogP contribution in [-0.2, 0) is 0 Å². The van der Waals surface area contributed by atoms with Crippen LogP contribution < -0.4 is 14.8 Å². The van der Waals surface area contributed by atoms with E-state index in [4.69, 9.17) is 9.47 Å². The molecule has 0 aromatic heterocycles. The lowest BCUT2D eigenvalue weighted by Gasteiger charge is -2.22. The molecule has 0 atom stereocenters. The molecule has 19 heavy (non-hydrogen) atoms. The molecule has 1 aliphatic carbocycles. The number of benzene rings is 1. The number of nitrogens with one attached hydrogen (secondary N) is 1. The highest BCUT2D eigenvalue weighted by atomic mass is 16.5. The summed E-state index contributed by atoms with van der Waals surface area (Å²) in [6, 6.07) is 6.07. The van der Waals surface area contributed by atoms with Crippen LogP contribution in [0.3, 0.4) is 0 Å². The van der Waals surface area contributed by atoms with E-state index in [0.29, 0.717) is 6.61 Å². The van der Waals surface area contributed by atoms with Crippen LogP contribution in [0.4, 0.5) is 5.69 Å². The molecule has 2 rings (SSSR count). The van der Waals surface area contributed by atoms with Crippen LogP contribution in [-0.4, -0.2) is 20.3 Å². The molecule has 1 saturated carbocycles. The van der Waals surface area contributed by atoms with Crippen molar-refractivity contribution in [3.63, 3.8) is 0 Å². The van der Waals surface area contributed by atoms with E-state index in [1.807, 2.05) is 19.1 Å². The zero-order chi connectivity index (χ0) is 13.5. The van der Waals surface area contributed by atoms with Gasteiger partial charge < -0.3 is 14.8 Å². The Morgan fingerprint density at radius 3 is 2.63 bits per heavy atom. The lowest BCUT2D eigenvalue weighted by atomic mass is 9.89. The van der Waals surface area contributed by atoms with Crippen LogP contribution >= 0.6 is 0 Å². The second-order valence-electron chi connectivity index (χ2n) is 5.18. The average molecular weight is 263 g/mol. The fourth-order valence-electron chi connectivity index (χ4n) is 2.71. The van der Waals surface area contributed by atoms with Crippen molar-refractivity contribution in [3.8, 4) is 11.5 Å². The summed E-state index contributed by atoms with van der Waals surface area (Å²) in [6.45, 7) is 3.71. The Bertz CT molecular complexity index is 386. The molecule has 0 unspecified atom stereocenters. The molecule has 1 fully saturated rings. The molecular formula is C16H25NO2. The topological polar surface area (TPSA) is 30.5 Å². The standard InChI is InChI=1S/C16H25NO2/c1-3-19-15-10-9-14(11-16(15)18-2)17-12-13-7-5-4-6-8-13/h9-11,13,17H,3-8,12H2,1-2H3. The van der Waals surface area contributed by atoms with E-state index in [9.17, 15) is 0 Å². The second-order valence-corrected chi connectivity index (χ2v) is 5.18. The van der Waals surface area contributed by atoms with Gasteiger partial charge in [-0.2, -0.15) is 0 Å². The number of rotatable bonds is 6. The van der Waals surface area contributed by atoms with Crippen LogP contribution in [0.5, 0.6) is 11.5 Å². The maximum atomic E-state index is 5.52. The van der Waals surface area contributed by atoms with E-state index >= 15 is 0 Å². The van der Waals surface area contributed by atoms with Crippen molar-refractivity contribution in [1.29, 1.82) is 0 Å². The largest absolute Gasteiger partial charge is 0.493 e. The number of methoxy groups -OCH3 is 1. The Morgan fingerprint density at radius 1 is 1.16 bits per heavy atom. The van der Waals surface area contributed by atoms with Gasteiger partial charge in [0.2, 0.25) is 0 Å². The van der Waals surface area contributed by atoms with Gasteiger partial charge in [0.15, 0.2) is 11.5 Å². The van der Waals surface area contributed by atoms with Crippen molar-refractivity contribution in [2.75, 3.05) is 25.6 Å². The lowest BCUT2D eigenvalue weighted by molar-refractivity contribution is 0.311. The molecular weight excluding hydrogens is 238 g/mol. The van der Waals surface area contributed by atoms with Crippen LogP contribution in [0, 0.1) is 5.92 Å². The first kappa shape index (κ1) is 14.0. The summed E-state index contributed by atoms with van der Waals surface area (Å²) >= 11 is 0. The monoisotopic (exact) mass is 263 g/mol. The molecule has 0 aliphatic heterocycles. The van der Waals surface area contributed by atoms with Crippen LogP contribution in [0.2, 0.25) is 0 Å². The summed E-state index contributed by atoms with van der Waals surface area (Å²) in [5, 5.41) is 3.52. The van der Waals surface area contributed by atoms with E-state index in [1.165, 1.54) is 32.1 Å². The van der Waals surface area contributed by atoms with Crippen molar-refractivity contribution < 1.29 is 9.47 Å². The van der Waals surface area contributed by atoms with E-state index in [1.54, 1.807) is 7.11 Å². The molecule has 0 bridgehead atoms. The van der Waals surface area contributed by atoms with Crippen molar-refractivity contribution in [2.45, 2.75) is 39.0 Å². The van der Waals surface area contributed by atoms with E-state index in [2.05, 4.69) is 11.4 Å². The quantitative estimate of drug-likeness (QED) is 0.838. The van der Waals surface area contributed by atoms with Gasteiger partial charge in [-0.3, -0.25) is 0 Å². The summed E-state index contributed by atoms with van der Waals surface area (Å²) in [4.78, 5) is 0. The number of anilines is 1. The van der Waals surface area contributed by atoms with Crippen molar-refractivity contribution >= 4 is 5.69 Å². The third-order valence-corrected chi connectivity index (χ3v) is 3.78. The molecule has 3 nitrogen and oxygen atoms in total. The Balaban J connectivity index is 1.92. The molecule has 0 saturated heterocycles. The molecule has 3 heteroatoms. The Morgan fingerprint density at radius 2 is 1.95 bits per heavy atom. The Labute approximate surface area is 116 Å². The van der Waals surface area contributed by atoms with Gasteiger partial charge in [-0.05, 0) is 37.8 Å². The van der Waals surface area contributed by atoms with E-state index in [-0.39, 0.29) is 0 Å². The minimum absolute atomic E-state index is 0.658. The average Bonchev–Trinajstić information content (AvgIpc) is 2.47. The van der Waals surface area contributed by atoms with E-state index < -0.39 is 0 Å². The molecule has 0 spiro atoms. The summed E-state index contributed by atoms with van der Waals surface area (Å²) in [5.41, 5.74) is 1.12. The molecule has 0 amide bonds. The van der Waals surface area contributed by atoms with Gasteiger partial charge in [-0.15, -0.1) is 0 Å². The van der Waals surface area contributed by atoms with Gasteiger partial charge in [0.1, 0.15) is 0 Å². The SMILES string of the molecule is CCOc1ccc(NCC2CCCCC2)cc1OC. The Hall–Kier alpha value is -1.38. The molecule has 1 aliphatic rings. The summed E-state index contributed by atoms with van der Waals surface area (Å²) in [6.07, 6.45) is 6.91. The zero-order valence-electron chi connectivity index (χ0n) is 12.1. The van der Waals surface area contributed by atoms with Crippen molar-refractivity contribution in [3.05, 3.63) is 18.2 Å². The fourth-order valence-corrected chi connectivity index (χ4v) is 2.71. The summed E-state index contributed by atoms with van der Waals surface area (Å²) < 4.78 is 10.9. The maximum Gasteiger partial charge on any atom is 0.162 e. The minimum Gasteiger partial charge on any atom is -0.493 e.